The number of hydrogen-bond donors (Lipinski definition) is 1. The Morgan fingerprint density at radius 2 is 2.00 bits per heavy atom. The summed E-state index contributed by atoms with van der Waals surface area (Å²) in [7, 11) is -3.85. The molecule has 2 rings (SSSR count). The van der Waals surface area contributed by atoms with Gasteiger partial charge in [0.05, 0.1) is 12.5 Å². The quantitative estimate of drug-likeness (QED) is 0.430. The molecule has 0 spiro atoms. The van der Waals surface area contributed by atoms with Gasteiger partial charge in [0, 0.05) is 6.54 Å². The molecule has 0 aromatic heterocycles. The van der Waals surface area contributed by atoms with Gasteiger partial charge in [-0.3, -0.25) is 9.32 Å². The van der Waals surface area contributed by atoms with E-state index in [0.29, 0.717) is 5.75 Å². The first kappa shape index (κ1) is 22.9. The Balaban J connectivity index is 1.94. The number of rotatable bonds is 10. The summed E-state index contributed by atoms with van der Waals surface area (Å²) in [5.74, 6) is -0.539. The summed E-state index contributed by atoms with van der Waals surface area (Å²) in [5, 5.41) is 2.68. The summed E-state index contributed by atoms with van der Waals surface area (Å²) in [6.07, 6.45) is 3.75. The van der Waals surface area contributed by atoms with Crippen LogP contribution in [0.5, 0.6) is 5.75 Å². The van der Waals surface area contributed by atoms with E-state index in [4.69, 9.17) is 13.8 Å². The molecule has 0 aliphatic heterocycles. The molecule has 1 aliphatic rings. The predicted octanol–water partition coefficient (Wildman–Crippen LogP) is 4.96. The lowest BCUT2D eigenvalue weighted by Gasteiger charge is -2.25. The van der Waals surface area contributed by atoms with Crippen molar-refractivity contribution in [1.82, 2.24) is 5.09 Å². The Morgan fingerprint density at radius 1 is 1.29 bits per heavy atom. The zero-order valence-corrected chi connectivity index (χ0v) is 17.8. The summed E-state index contributed by atoms with van der Waals surface area (Å²) >= 11 is 0. The van der Waals surface area contributed by atoms with Crippen LogP contribution in [0.4, 0.5) is 4.39 Å². The van der Waals surface area contributed by atoms with Crippen molar-refractivity contribution in [3.8, 4) is 5.75 Å². The van der Waals surface area contributed by atoms with Gasteiger partial charge in [0.1, 0.15) is 18.0 Å². The molecular weight excluding hydrogens is 384 g/mol. The highest BCUT2D eigenvalue weighted by Crippen LogP contribution is 2.44. The maximum absolute atomic E-state index is 13.2. The van der Waals surface area contributed by atoms with Gasteiger partial charge < -0.3 is 9.26 Å². The molecule has 158 valence electrons. The first-order chi connectivity index (χ1) is 13.3. The van der Waals surface area contributed by atoms with E-state index in [1.807, 2.05) is 13.0 Å². The number of nitrogens with one attached hydrogen (secondary N) is 1. The molecular formula is C20H31FNO5P. The number of halogens is 1. The minimum absolute atomic E-state index is 0.0370. The van der Waals surface area contributed by atoms with Crippen LogP contribution in [-0.4, -0.2) is 31.4 Å². The molecule has 1 aliphatic carbocycles. The maximum atomic E-state index is 13.2. The minimum Gasteiger partial charge on any atom is -0.462 e. The lowest BCUT2D eigenvalue weighted by atomic mass is 9.97. The molecule has 3 atom stereocenters. The lowest BCUT2D eigenvalue weighted by molar-refractivity contribution is -0.154. The Kier molecular flexibility index (Phi) is 8.93. The molecule has 28 heavy (non-hydrogen) atoms. The number of hydrogen-bond acceptors (Lipinski definition) is 5. The van der Waals surface area contributed by atoms with Gasteiger partial charge in [-0.2, -0.15) is 0 Å². The normalized spacial score (nSPS) is 19.4. The van der Waals surface area contributed by atoms with Crippen LogP contribution in [-0.2, 0) is 18.6 Å². The Morgan fingerprint density at radius 3 is 2.64 bits per heavy atom. The van der Waals surface area contributed by atoms with E-state index in [9.17, 15) is 13.8 Å². The van der Waals surface area contributed by atoms with Crippen LogP contribution in [0.2, 0.25) is 0 Å². The molecule has 1 fully saturated rings. The van der Waals surface area contributed by atoms with Gasteiger partial charge in [0.2, 0.25) is 0 Å². The summed E-state index contributed by atoms with van der Waals surface area (Å²) in [6.45, 7) is 4.53. The second kappa shape index (κ2) is 10.9. The predicted molar refractivity (Wildman–Crippen MR) is 106 cm³/mol. The van der Waals surface area contributed by atoms with E-state index in [1.54, 1.807) is 25.1 Å². The smallest absolute Gasteiger partial charge is 0.458 e. The maximum Gasteiger partial charge on any atom is 0.458 e. The van der Waals surface area contributed by atoms with Crippen molar-refractivity contribution in [3.63, 3.8) is 0 Å². The summed E-state index contributed by atoms with van der Waals surface area (Å²) < 4.78 is 42.5. The van der Waals surface area contributed by atoms with E-state index < -0.39 is 19.8 Å². The van der Waals surface area contributed by atoms with Crippen molar-refractivity contribution in [2.75, 3.05) is 13.2 Å². The van der Waals surface area contributed by atoms with E-state index in [-0.39, 0.29) is 25.2 Å². The third kappa shape index (κ3) is 7.90. The van der Waals surface area contributed by atoms with Gasteiger partial charge in [-0.05, 0) is 57.2 Å². The van der Waals surface area contributed by atoms with Gasteiger partial charge in [-0.25, -0.2) is 14.0 Å². The van der Waals surface area contributed by atoms with Crippen molar-refractivity contribution in [2.45, 2.75) is 65.2 Å². The molecule has 0 amide bonds. The first-order valence-corrected chi connectivity index (χ1v) is 11.4. The zero-order chi connectivity index (χ0) is 20.6. The highest BCUT2D eigenvalue weighted by atomic mass is 31.2. The third-order valence-corrected chi connectivity index (χ3v) is 6.03. The van der Waals surface area contributed by atoms with Gasteiger partial charge in [-0.1, -0.05) is 25.5 Å². The summed E-state index contributed by atoms with van der Waals surface area (Å²) in [5.41, 5.74) is 0.923. The zero-order valence-electron chi connectivity index (χ0n) is 16.9. The second-order valence-corrected chi connectivity index (χ2v) is 9.19. The van der Waals surface area contributed by atoms with Crippen LogP contribution >= 0.6 is 7.75 Å². The monoisotopic (exact) mass is 415 g/mol. The van der Waals surface area contributed by atoms with Gasteiger partial charge >= 0.3 is 13.7 Å². The fourth-order valence-corrected chi connectivity index (χ4v) is 4.41. The molecule has 2 unspecified atom stereocenters. The lowest BCUT2D eigenvalue weighted by Crippen LogP contribution is -2.31. The highest BCUT2D eigenvalue weighted by Gasteiger charge is 2.30. The van der Waals surface area contributed by atoms with E-state index in [0.717, 1.165) is 31.2 Å². The largest absolute Gasteiger partial charge is 0.462 e. The number of benzene rings is 1. The summed E-state index contributed by atoms with van der Waals surface area (Å²) in [4.78, 5) is 12.3. The summed E-state index contributed by atoms with van der Waals surface area (Å²) in [6, 6.07) is 6.98. The molecule has 0 heterocycles. The number of carbonyl (C=O) groups is 1. The van der Waals surface area contributed by atoms with Crippen molar-refractivity contribution < 1.29 is 27.5 Å². The average molecular weight is 415 g/mol. The third-order valence-electron chi connectivity index (χ3n) is 4.52. The van der Waals surface area contributed by atoms with Crippen molar-refractivity contribution in [3.05, 3.63) is 29.8 Å². The molecule has 1 aromatic carbocycles. The molecule has 1 saturated carbocycles. The fourth-order valence-electron chi connectivity index (χ4n) is 2.91. The van der Waals surface area contributed by atoms with Gasteiger partial charge in [-0.15, -0.1) is 0 Å². The van der Waals surface area contributed by atoms with E-state index in [1.165, 1.54) is 13.3 Å². The van der Waals surface area contributed by atoms with Crippen LogP contribution in [0, 0.1) is 12.8 Å². The Labute approximate surface area is 166 Å². The van der Waals surface area contributed by atoms with Crippen LogP contribution in [0.1, 0.15) is 51.5 Å². The van der Waals surface area contributed by atoms with Crippen molar-refractivity contribution >= 4 is 13.7 Å². The van der Waals surface area contributed by atoms with Crippen molar-refractivity contribution in [1.29, 1.82) is 0 Å². The van der Waals surface area contributed by atoms with Crippen LogP contribution in [0.25, 0.3) is 0 Å². The van der Waals surface area contributed by atoms with E-state index in [2.05, 4.69) is 5.09 Å². The fraction of sp³-hybridized carbons (Fsp3) is 0.650. The van der Waals surface area contributed by atoms with Gasteiger partial charge in [0.25, 0.3) is 0 Å². The highest BCUT2D eigenvalue weighted by molar-refractivity contribution is 7.52. The molecule has 0 radical (unpaired) electrons. The Hall–Kier alpha value is -1.43. The van der Waals surface area contributed by atoms with Gasteiger partial charge in [0.15, 0.2) is 0 Å². The number of esters is 1. The topological polar surface area (TPSA) is 73.9 Å². The van der Waals surface area contributed by atoms with Crippen LogP contribution in [0.3, 0.4) is 0 Å². The molecule has 1 N–H and O–H groups in total. The standard InChI is InChI=1S/C20H31FNO5P/c1-15-8-7-11-19(12-15)27-28(24,25-14-17(3)21)22-13-16(2)20(23)26-18-9-5-4-6-10-18/h7-8,11-12,16-18H,4-6,9-10,13-14H2,1-3H3,(H,22,24)/t16?,17-,28?/m0/s1. The minimum atomic E-state index is -3.85. The van der Waals surface area contributed by atoms with Crippen LogP contribution < -0.4 is 9.61 Å². The molecule has 6 nitrogen and oxygen atoms in total. The van der Waals surface area contributed by atoms with Crippen LogP contribution in [0.15, 0.2) is 24.3 Å². The Bertz CT molecular complexity index is 678. The molecule has 1 aromatic rings. The SMILES string of the molecule is Cc1cccc(OP(=O)(NCC(C)C(=O)OC2CCCCC2)OC[C@H](C)F)c1. The second-order valence-electron chi connectivity index (χ2n) is 7.44. The van der Waals surface area contributed by atoms with Crippen molar-refractivity contribution in [2.24, 2.45) is 5.92 Å². The number of aryl methyl sites for hydroxylation is 1. The number of alkyl halides is 1. The number of ether oxygens (including phenoxy) is 1. The molecule has 8 heteroatoms. The average Bonchev–Trinajstić information content (AvgIpc) is 2.65. The molecule has 0 saturated heterocycles. The number of carbonyl (C=O) groups excluding carboxylic acids is 1. The molecule has 0 bridgehead atoms. The van der Waals surface area contributed by atoms with E-state index >= 15 is 0 Å². The first-order valence-electron chi connectivity index (χ1n) is 9.88.